The second-order valence-electron chi connectivity index (χ2n) is 6.12. The van der Waals surface area contributed by atoms with Crippen LogP contribution in [0.15, 0.2) is 60.1 Å². The highest BCUT2D eigenvalue weighted by Gasteiger charge is 2.24. The third-order valence-electron chi connectivity index (χ3n) is 4.34. The molecule has 0 spiro atoms. The first-order valence-corrected chi connectivity index (χ1v) is 10.6. The lowest BCUT2D eigenvalue weighted by Crippen LogP contribution is -2.46. The van der Waals surface area contributed by atoms with E-state index in [9.17, 15) is 8.42 Å². The first-order valence-electron chi connectivity index (χ1n) is 8.43. The molecule has 1 aliphatic rings. The summed E-state index contributed by atoms with van der Waals surface area (Å²) in [6, 6.07) is 9.28. The topological polar surface area (TPSA) is 56.8 Å². The quantitative estimate of drug-likeness (QED) is 0.523. The molecule has 0 atom stereocenters. The molecule has 0 saturated carbocycles. The van der Waals surface area contributed by atoms with Gasteiger partial charge in [0.25, 0.3) is 10.0 Å². The van der Waals surface area contributed by atoms with Gasteiger partial charge in [-0.15, -0.1) is 6.58 Å². The summed E-state index contributed by atoms with van der Waals surface area (Å²) < 4.78 is 26.0. The van der Waals surface area contributed by atoms with Crippen LogP contribution in [-0.2, 0) is 10.0 Å². The van der Waals surface area contributed by atoms with Gasteiger partial charge in [0.1, 0.15) is 5.82 Å². The van der Waals surface area contributed by atoms with Gasteiger partial charge in [0.2, 0.25) is 0 Å². The maximum absolute atomic E-state index is 12.6. The number of nitrogens with zero attached hydrogens (tertiary/aromatic N) is 4. The number of pyridine rings is 1. The highest BCUT2D eigenvalue weighted by Crippen LogP contribution is 2.27. The molecular formula is C18H20Cl2N4O2S. The molecule has 0 unspecified atom stereocenters. The van der Waals surface area contributed by atoms with Crippen molar-refractivity contribution in [3.63, 3.8) is 0 Å². The number of hydrogen-bond donors (Lipinski definition) is 0. The van der Waals surface area contributed by atoms with Crippen molar-refractivity contribution in [2.24, 2.45) is 0 Å². The Bertz CT molecular complexity index is 881. The summed E-state index contributed by atoms with van der Waals surface area (Å²) in [4.78, 5) is 8.93. The summed E-state index contributed by atoms with van der Waals surface area (Å²) in [7, 11) is -3.89. The Balaban J connectivity index is 1.71. The van der Waals surface area contributed by atoms with Crippen LogP contribution < -0.4 is 8.72 Å². The fraction of sp³-hybridized carbons (Fsp3) is 0.278. The predicted molar refractivity (Wildman–Crippen MR) is 110 cm³/mol. The molecule has 1 saturated heterocycles. The lowest BCUT2D eigenvalue weighted by Gasteiger charge is -2.34. The van der Waals surface area contributed by atoms with Gasteiger partial charge in [-0.05, 0) is 36.4 Å². The lowest BCUT2D eigenvalue weighted by atomic mass is 10.3. The molecule has 1 fully saturated rings. The van der Waals surface area contributed by atoms with Crippen LogP contribution >= 0.6 is 23.4 Å². The van der Waals surface area contributed by atoms with Gasteiger partial charge in [0.05, 0.1) is 16.8 Å². The Morgan fingerprint density at radius 3 is 2.33 bits per heavy atom. The van der Waals surface area contributed by atoms with Crippen LogP contribution in [0.5, 0.6) is 0 Å². The van der Waals surface area contributed by atoms with Crippen molar-refractivity contribution < 1.29 is 8.42 Å². The van der Waals surface area contributed by atoms with E-state index >= 15 is 0 Å². The molecular weight excluding hydrogens is 407 g/mol. The number of benzene rings is 1. The number of piperazine rings is 1. The fourth-order valence-electron chi connectivity index (χ4n) is 2.85. The Morgan fingerprint density at radius 2 is 1.78 bits per heavy atom. The summed E-state index contributed by atoms with van der Waals surface area (Å²) in [5.74, 6) is 0.797. The van der Waals surface area contributed by atoms with Gasteiger partial charge in [-0.25, -0.2) is 4.98 Å². The Hall–Kier alpha value is -1.80. The molecule has 6 nitrogen and oxygen atoms in total. The Labute approximate surface area is 169 Å². The molecule has 0 amide bonds. The van der Waals surface area contributed by atoms with E-state index < -0.39 is 10.0 Å². The highest BCUT2D eigenvalue weighted by molar-refractivity contribution is 7.94. The van der Waals surface area contributed by atoms with E-state index in [4.69, 9.17) is 23.4 Å². The number of rotatable bonds is 6. The zero-order chi connectivity index (χ0) is 19.4. The second kappa shape index (κ2) is 8.48. The third-order valence-corrected chi connectivity index (χ3v) is 6.83. The van der Waals surface area contributed by atoms with Gasteiger partial charge in [-0.3, -0.25) is 4.90 Å². The van der Waals surface area contributed by atoms with E-state index in [1.165, 1.54) is 30.5 Å². The molecule has 144 valence electrons. The SMILES string of the molecule is C=CCN1CCN(c2ccc(N(Cl)S(=O)(=O)c3ccc(Cl)cc3)cn2)CC1. The van der Waals surface area contributed by atoms with E-state index in [1.807, 2.05) is 6.08 Å². The number of sulfonamides is 1. The molecule has 1 aromatic carbocycles. The van der Waals surface area contributed by atoms with E-state index in [2.05, 4.69) is 21.4 Å². The van der Waals surface area contributed by atoms with E-state index in [1.54, 1.807) is 12.1 Å². The van der Waals surface area contributed by atoms with Gasteiger partial charge in [-0.2, -0.15) is 12.2 Å². The van der Waals surface area contributed by atoms with Gasteiger partial charge in [0.15, 0.2) is 0 Å². The summed E-state index contributed by atoms with van der Waals surface area (Å²) >= 11 is 11.9. The van der Waals surface area contributed by atoms with Gasteiger partial charge < -0.3 is 4.90 Å². The number of aromatic nitrogens is 1. The monoisotopic (exact) mass is 426 g/mol. The van der Waals surface area contributed by atoms with Crippen LogP contribution in [0.25, 0.3) is 0 Å². The van der Waals surface area contributed by atoms with Crippen molar-refractivity contribution in [2.45, 2.75) is 4.90 Å². The summed E-state index contributed by atoms with van der Waals surface area (Å²) in [6.07, 6.45) is 3.37. The maximum atomic E-state index is 12.6. The number of anilines is 2. The molecule has 0 radical (unpaired) electrons. The molecule has 1 aromatic heterocycles. The van der Waals surface area contributed by atoms with Crippen LogP contribution in [-0.4, -0.2) is 51.0 Å². The summed E-state index contributed by atoms with van der Waals surface area (Å²) in [5, 5.41) is 0.453. The van der Waals surface area contributed by atoms with E-state index in [-0.39, 0.29) is 10.6 Å². The van der Waals surface area contributed by atoms with E-state index in [0.29, 0.717) is 8.85 Å². The molecule has 0 aliphatic carbocycles. The average molecular weight is 427 g/mol. The number of halogens is 2. The minimum atomic E-state index is -3.89. The smallest absolute Gasteiger partial charge is 0.278 e. The fourth-order valence-corrected chi connectivity index (χ4v) is 4.36. The van der Waals surface area contributed by atoms with E-state index in [0.717, 1.165) is 38.5 Å². The van der Waals surface area contributed by atoms with Crippen molar-refractivity contribution in [1.29, 1.82) is 0 Å². The zero-order valence-electron chi connectivity index (χ0n) is 14.6. The Kier molecular flexibility index (Phi) is 6.26. The molecule has 0 N–H and O–H groups in total. The zero-order valence-corrected chi connectivity index (χ0v) is 17.0. The van der Waals surface area contributed by atoms with Crippen molar-refractivity contribution in [2.75, 3.05) is 41.4 Å². The summed E-state index contributed by atoms with van der Waals surface area (Å²) in [5.41, 5.74) is 0.278. The molecule has 2 heterocycles. The molecule has 27 heavy (non-hydrogen) atoms. The average Bonchev–Trinajstić information content (AvgIpc) is 2.69. The second-order valence-corrected chi connectivity index (χ2v) is 8.89. The van der Waals surface area contributed by atoms with Gasteiger partial charge >= 0.3 is 0 Å². The van der Waals surface area contributed by atoms with Gasteiger partial charge in [0, 0.05) is 49.5 Å². The first kappa shape index (κ1) is 19.9. The maximum Gasteiger partial charge on any atom is 0.278 e. The number of hydrogen-bond acceptors (Lipinski definition) is 5. The third kappa shape index (κ3) is 4.55. The van der Waals surface area contributed by atoms with Crippen molar-refractivity contribution in [3.05, 3.63) is 60.3 Å². The van der Waals surface area contributed by atoms with Crippen LogP contribution in [0.1, 0.15) is 0 Å². The van der Waals surface area contributed by atoms with Crippen LogP contribution in [0, 0.1) is 0 Å². The van der Waals surface area contributed by atoms with Crippen molar-refractivity contribution >= 4 is 44.9 Å². The molecule has 2 aromatic rings. The highest BCUT2D eigenvalue weighted by atomic mass is 35.5. The van der Waals surface area contributed by atoms with Crippen molar-refractivity contribution in [1.82, 2.24) is 9.88 Å². The van der Waals surface area contributed by atoms with Crippen molar-refractivity contribution in [3.8, 4) is 0 Å². The predicted octanol–water partition coefficient (Wildman–Crippen LogP) is 3.39. The molecule has 0 bridgehead atoms. The normalized spacial score (nSPS) is 15.6. The molecule has 3 rings (SSSR count). The first-order chi connectivity index (χ1) is 12.9. The Morgan fingerprint density at radius 1 is 1.11 bits per heavy atom. The van der Waals surface area contributed by atoms with Gasteiger partial charge in [-0.1, -0.05) is 17.7 Å². The van der Waals surface area contributed by atoms with Crippen LogP contribution in [0.4, 0.5) is 11.5 Å². The minimum absolute atomic E-state index is 0.0596. The largest absolute Gasteiger partial charge is 0.354 e. The van der Waals surface area contributed by atoms with Crippen LogP contribution in [0.2, 0.25) is 5.02 Å². The lowest BCUT2D eigenvalue weighted by molar-refractivity contribution is 0.283. The molecule has 9 heteroatoms. The molecule has 1 aliphatic heterocycles. The minimum Gasteiger partial charge on any atom is -0.354 e. The standard InChI is InChI=1S/C18H20Cl2N4O2S/c1-2-9-22-10-12-23(13-11-22)18-8-5-16(14-21-18)24(20)27(25,26)17-6-3-15(19)4-7-17/h2-8,14H,1,9-13H2. The summed E-state index contributed by atoms with van der Waals surface area (Å²) in [6.45, 7) is 8.22. The van der Waals surface area contributed by atoms with Crippen LogP contribution in [0.3, 0.4) is 0 Å².